The SMILES string of the molecule is Cc1ccc(SCCN2CC(CN=[N+]=[N-])CC2=O)cc1. The van der Waals surface area contributed by atoms with E-state index in [4.69, 9.17) is 5.53 Å². The number of carbonyl (C=O) groups is 1. The Kier molecular flexibility index (Phi) is 5.32. The van der Waals surface area contributed by atoms with Gasteiger partial charge in [-0.2, -0.15) is 0 Å². The largest absolute Gasteiger partial charge is 0.342 e. The zero-order chi connectivity index (χ0) is 14.4. The predicted molar refractivity (Wildman–Crippen MR) is 80.6 cm³/mol. The summed E-state index contributed by atoms with van der Waals surface area (Å²) in [5, 5.41) is 3.56. The van der Waals surface area contributed by atoms with Gasteiger partial charge in [-0.3, -0.25) is 4.79 Å². The van der Waals surface area contributed by atoms with Gasteiger partial charge in [0, 0.05) is 41.6 Å². The van der Waals surface area contributed by atoms with E-state index in [0.29, 0.717) is 19.5 Å². The second kappa shape index (κ2) is 7.22. The second-order valence-electron chi connectivity index (χ2n) is 4.98. The van der Waals surface area contributed by atoms with Crippen LogP contribution in [0.3, 0.4) is 0 Å². The van der Waals surface area contributed by atoms with Gasteiger partial charge in [0.05, 0.1) is 0 Å². The maximum Gasteiger partial charge on any atom is 0.222 e. The van der Waals surface area contributed by atoms with Crippen molar-refractivity contribution in [2.75, 3.05) is 25.4 Å². The Labute approximate surface area is 123 Å². The predicted octanol–water partition coefficient (Wildman–Crippen LogP) is 3.25. The highest BCUT2D eigenvalue weighted by molar-refractivity contribution is 7.99. The first kappa shape index (κ1) is 14.8. The summed E-state index contributed by atoms with van der Waals surface area (Å²) in [5.41, 5.74) is 9.56. The van der Waals surface area contributed by atoms with E-state index < -0.39 is 0 Å². The van der Waals surface area contributed by atoms with E-state index in [1.807, 2.05) is 4.90 Å². The molecule has 1 fully saturated rings. The maximum atomic E-state index is 11.8. The molecule has 0 bridgehead atoms. The van der Waals surface area contributed by atoms with Crippen molar-refractivity contribution in [2.45, 2.75) is 18.2 Å². The zero-order valence-corrected chi connectivity index (χ0v) is 12.3. The second-order valence-corrected chi connectivity index (χ2v) is 6.15. The van der Waals surface area contributed by atoms with Gasteiger partial charge in [-0.05, 0) is 30.5 Å². The molecular weight excluding hydrogens is 272 g/mol. The number of aryl methyl sites for hydroxylation is 1. The fourth-order valence-corrected chi connectivity index (χ4v) is 3.13. The van der Waals surface area contributed by atoms with Crippen LogP contribution in [0, 0.1) is 12.8 Å². The van der Waals surface area contributed by atoms with Crippen molar-refractivity contribution in [1.29, 1.82) is 0 Å². The topological polar surface area (TPSA) is 69.1 Å². The highest BCUT2D eigenvalue weighted by Gasteiger charge is 2.28. The summed E-state index contributed by atoms with van der Waals surface area (Å²) >= 11 is 1.76. The Morgan fingerprint density at radius 2 is 2.20 bits per heavy atom. The zero-order valence-electron chi connectivity index (χ0n) is 11.5. The molecule has 1 unspecified atom stereocenters. The smallest absolute Gasteiger partial charge is 0.222 e. The molecule has 1 heterocycles. The quantitative estimate of drug-likeness (QED) is 0.349. The lowest BCUT2D eigenvalue weighted by Gasteiger charge is -2.15. The molecule has 1 aromatic carbocycles. The third-order valence-corrected chi connectivity index (χ3v) is 4.34. The molecule has 0 aromatic heterocycles. The number of hydrogen-bond donors (Lipinski definition) is 0. The molecule has 1 aliphatic heterocycles. The first-order valence-electron chi connectivity index (χ1n) is 6.67. The molecular formula is C14H18N4OS. The maximum absolute atomic E-state index is 11.8. The molecule has 1 amide bonds. The number of likely N-dealkylation sites (tertiary alicyclic amines) is 1. The van der Waals surface area contributed by atoms with Gasteiger partial charge in [0.1, 0.15) is 0 Å². The van der Waals surface area contributed by atoms with Crippen LogP contribution in [0.25, 0.3) is 10.4 Å². The third-order valence-electron chi connectivity index (χ3n) is 3.35. The van der Waals surface area contributed by atoms with Crippen molar-refractivity contribution >= 4 is 17.7 Å². The molecule has 1 aliphatic rings. The molecule has 106 valence electrons. The van der Waals surface area contributed by atoms with Crippen molar-refractivity contribution in [2.24, 2.45) is 11.0 Å². The molecule has 6 heteroatoms. The van der Waals surface area contributed by atoms with E-state index in [0.717, 1.165) is 12.3 Å². The van der Waals surface area contributed by atoms with Crippen LogP contribution < -0.4 is 0 Å². The van der Waals surface area contributed by atoms with Crippen LogP contribution in [0.4, 0.5) is 0 Å². The van der Waals surface area contributed by atoms with Gasteiger partial charge in [0.15, 0.2) is 0 Å². The minimum absolute atomic E-state index is 0.174. The Bertz CT molecular complexity index is 510. The first-order chi connectivity index (χ1) is 9.69. The number of rotatable bonds is 6. The van der Waals surface area contributed by atoms with Gasteiger partial charge in [0.25, 0.3) is 0 Å². The molecule has 1 saturated heterocycles. The van der Waals surface area contributed by atoms with Crippen LogP contribution in [-0.4, -0.2) is 36.2 Å². The molecule has 0 aliphatic carbocycles. The molecule has 0 saturated carbocycles. The summed E-state index contributed by atoms with van der Waals surface area (Å²) in [6, 6.07) is 8.41. The summed E-state index contributed by atoms with van der Waals surface area (Å²) in [6.07, 6.45) is 0.508. The van der Waals surface area contributed by atoms with Gasteiger partial charge in [-0.25, -0.2) is 0 Å². The van der Waals surface area contributed by atoms with Gasteiger partial charge in [0.2, 0.25) is 5.91 Å². The van der Waals surface area contributed by atoms with Gasteiger partial charge in [-0.15, -0.1) is 11.8 Å². The van der Waals surface area contributed by atoms with E-state index in [-0.39, 0.29) is 11.8 Å². The number of nitrogens with zero attached hydrogens (tertiary/aromatic N) is 4. The summed E-state index contributed by atoms with van der Waals surface area (Å²) in [4.78, 5) is 17.7. The highest BCUT2D eigenvalue weighted by Crippen LogP contribution is 2.21. The number of carbonyl (C=O) groups excluding carboxylic acids is 1. The molecule has 0 N–H and O–H groups in total. The van der Waals surface area contributed by atoms with E-state index in [1.165, 1.54) is 10.5 Å². The Morgan fingerprint density at radius 3 is 2.90 bits per heavy atom. The van der Waals surface area contributed by atoms with Crippen LogP contribution in [-0.2, 0) is 4.79 Å². The minimum atomic E-state index is 0.174. The highest BCUT2D eigenvalue weighted by atomic mass is 32.2. The number of hydrogen-bond acceptors (Lipinski definition) is 3. The minimum Gasteiger partial charge on any atom is -0.342 e. The number of amides is 1. The summed E-state index contributed by atoms with van der Waals surface area (Å²) in [6.45, 7) is 3.96. The lowest BCUT2D eigenvalue weighted by molar-refractivity contribution is -0.127. The Balaban J connectivity index is 1.75. The number of benzene rings is 1. The summed E-state index contributed by atoms with van der Waals surface area (Å²) < 4.78 is 0. The average Bonchev–Trinajstić information content (AvgIpc) is 2.79. The lowest BCUT2D eigenvalue weighted by Crippen LogP contribution is -2.27. The van der Waals surface area contributed by atoms with Crippen LogP contribution in [0.15, 0.2) is 34.3 Å². The molecule has 1 aromatic rings. The van der Waals surface area contributed by atoms with E-state index >= 15 is 0 Å². The Hall–Kier alpha value is -1.65. The van der Waals surface area contributed by atoms with Crippen molar-refractivity contribution in [3.05, 3.63) is 40.3 Å². The molecule has 0 spiro atoms. The van der Waals surface area contributed by atoms with E-state index in [9.17, 15) is 4.79 Å². The molecule has 0 radical (unpaired) electrons. The molecule has 5 nitrogen and oxygen atoms in total. The van der Waals surface area contributed by atoms with Gasteiger partial charge in [-0.1, -0.05) is 22.8 Å². The summed E-state index contributed by atoms with van der Waals surface area (Å²) in [5.74, 6) is 1.25. The molecule has 1 atom stereocenters. The number of azide groups is 1. The standard InChI is InChI=1S/C14H18N4OS/c1-11-2-4-13(5-3-11)20-7-6-18-10-12(8-14(18)19)9-16-17-15/h2-5,12H,6-10H2,1H3. The normalized spacial score (nSPS) is 18.1. The lowest BCUT2D eigenvalue weighted by atomic mass is 10.1. The third kappa shape index (κ3) is 4.18. The Morgan fingerprint density at radius 1 is 1.45 bits per heavy atom. The number of thioether (sulfide) groups is 1. The van der Waals surface area contributed by atoms with Crippen LogP contribution in [0.2, 0.25) is 0 Å². The van der Waals surface area contributed by atoms with Crippen molar-refractivity contribution in [3.8, 4) is 0 Å². The summed E-state index contributed by atoms with van der Waals surface area (Å²) in [7, 11) is 0. The average molecular weight is 290 g/mol. The van der Waals surface area contributed by atoms with Crippen molar-refractivity contribution < 1.29 is 4.79 Å². The molecule has 20 heavy (non-hydrogen) atoms. The fraction of sp³-hybridized carbons (Fsp3) is 0.500. The molecule has 2 rings (SSSR count). The van der Waals surface area contributed by atoms with Crippen LogP contribution >= 0.6 is 11.8 Å². The van der Waals surface area contributed by atoms with E-state index in [2.05, 4.69) is 41.2 Å². The van der Waals surface area contributed by atoms with Gasteiger partial charge < -0.3 is 4.90 Å². The monoisotopic (exact) mass is 290 g/mol. The van der Waals surface area contributed by atoms with Crippen molar-refractivity contribution in [3.63, 3.8) is 0 Å². The fourth-order valence-electron chi connectivity index (χ4n) is 2.25. The van der Waals surface area contributed by atoms with Crippen molar-refractivity contribution in [1.82, 2.24) is 4.90 Å². The first-order valence-corrected chi connectivity index (χ1v) is 7.65. The van der Waals surface area contributed by atoms with Crippen LogP contribution in [0.1, 0.15) is 12.0 Å². The van der Waals surface area contributed by atoms with Gasteiger partial charge >= 0.3 is 0 Å². The van der Waals surface area contributed by atoms with Crippen LogP contribution in [0.5, 0.6) is 0 Å². The van der Waals surface area contributed by atoms with E-state index in [1.54, 1.807) is 11.8 Å².